The highest BCUT2D eigenvalue weighted by Gasteiger charge is 2.18. The summed E-state index contributed by atoms with van der Waals surface area (Å²) in [6.07, 6.45) is -1.11. The van der Waals surface area contributed by atoms with Gasteiger partial charge in [0.1, 0.15) is 24.0 Å². The number of hydrogen-bond acceptors (Lipinski definition) is 5. The molecular weight excluding hydrogens is 224 g/mol. The molecule has 0 fully saturated rings. The van der Waals surface area contributed by atoms with Crippen molar-refractivity contribution in [1.29, 1.82) is 0 Å². The van der Waals surface area contributed by atoms with Crippen LogP contribution in [0.1, 0.15) is 21.5 Å². The van der Waals surface area contributed by atoms with Gasteiger partial charge >= 0.3 is 5.97 Å². The third-order valence-corrected chi connectivity index (χ3v) is 2.41. The molecule has 0 spiro atoms. The molecule has 0 aliphatic heterocycles. The highest BCUT2D eigenvalue weighted by atomic mass is 16.5. The molecule has 0 heterocycles. The van der Waals surface area contributed by atoms with E-state index in [1.54, 1.807) is 26.0 Å². The molecule has 0 aliphatic carbocycles. The number of hydrogen-bond donors (Lipinski definition) is 3. The minimum absolute atomic E-state index is 0.0927. The Morgan fingerprint density at radius 3 is 2.53 bits per heavy atom. The van der Waals surface area contributed by atoms with Gasteiger partial charge in [-0.25, -0.2) is 4.79 Å². The van der Waals surface area contributed by atoms with Crippen LogP contribution in [-0.4, -0.2) is 40.6 Å². The Labute approximate surface area is 99.3 Å². The summed E-state index contributed by atoms with van der Waals surface area (Å²) in [6, 6.07) is 3.40. The van der Waals surface area contributed by atoms with Crippen molar-refractivity contribution in [3.8, 4) is 5.75 Å². The van der Waals surface area contributed by atoms with E-state index in [1.807, 2.05) is 0 Å². The van der Waals surface area contributed by atoms with Crippen molar-refractivity contribution in [2.24, 2.45) is 0 Å². The predicted octanol–water partition coefficient (Wildman–Crippen LogP) is 0.519. The molecule has 0 bridgehead atoms. The van der Waals surface area contributed by atoms with Crippen LogP contribution in [0.2, 0.25) is 0 Å². The lowest BCUT2D eigenvalue weighted by atomic mass is 10.0. The molecule has 3 N–H and O–H groups in total. The number of phenolic OH excluding ortho intramolecular Hbond substituents is 1. The van der Waals surface area contributed by atoms with Gasteiger partial charge < -0.3 is 20.1 Å². The average molecular weight is 240 g/mol. The molecule has 17 heavy (non-hydrogen) atoms. The first-order valence-corrected chi connectivity index (χ1v) is 5.22. The molecule has 5 heteroatoms. The van der Waals surface area contributed by atoms with Crippen LogP contribution in [0.25, 0.3) is 0 Å². The lowest BCUT2D eigenvalue weighted by molar-refractivity contribution is 0.00906. The van der Waals surface area contributed by atoms with Crippen LogP contribution >= 0.6 is 0 Å². The number of esters is 1. The highest BCUT2D eigenvalue weighted by Crippen LogP contribution is 2.25. The number of rotatable bonds is 4. The maximum Gasteiger partial charge on any atom is 0.342 e. The predicted molar refractivity (Wildman–Crippen MR) is 61.0 cm³/mol. The molecule has 0 amide bonds. The fraction of sp³-hybridized carbons (Fsp3) is 0.417. The number of phenols is 1. The minimum atomic E-state index is -1.11. The van der Waals surface area contributed by atoms with Crippen molar-refractivity contribution in [3.05, 3.63) is 28.8 Å². The lowest BCUT2D eigenvalue weighted by Gasteiger charge is -2.12. The minimum Gasteiger partial charge on any atom is -0.507 e. The van der Waals surface area contributed by atoms with E-state index in [1.165, 1.54) is 0 Å². The van der Waals surface area contributed by atoms with Gasteiger partial charge in [0.15, 0.2) is 0 Å². The number of benzene rings is 1. The molecule has 0 aliphatic rings. The monoisotopic (exact) mass is 240 g/mol. The summed E-state index contributed by atoms with van der Waals surface area (Å²) in [5.74, 6) is -0.829. The van der Waals surface area contributed by atoms with Gasteiger partial charge in [0, 0.05) is 0 Å². The van der Waals surface area contributed by atoms with Gasteiger partial charge in [0.25, 0.3) is 0 Å². The van der Waals surface area contributed by atoms with Gasteiger partial charge in [0.2, 0.25) is 0 Å². The maximum atomic E-state index is 11.7. The quantitative estimate of drug-likeness (QED) is 0.668. The highest BCUT2D eigenvalue weighted by molar-refractivity contribution is 5.94. The smallest absolute Gasteiger partial charge is 0.342 e. The number of carbonyl (C=O) groups is 1. The molecular formula is C12H16O5. The third-order valence-electron chi connectivity index (χ3n) is 2.41. The number of aromatic hydroxyl groups is 1. The van der Waals surface area contributed by atoms with Gasteiger partial charge in [-0.15, -0.1) is 0 Å². The molecule has 0 radical (unpaired) electrons. The largest absolute Gasteiger partial charge is 0.507 e. The lowest BCUT2D eigenvalue weighted by Crippen LogP contribution is -2.22. The van der Waals surface area contributed by atoms with Crippen molar-refractivity contribution in [1.82, 2.24) is 0 Å². The van der Waals surface area contributed by atoms with Crippen LogP contribution in [0, 0.1) is 13.8 Å². The van der Waals surface area contributed by atoms with E-state index < -0.39 is 18.7 Å². The Hall–Kier alpha value is -1.59. The van der Waals surface area contributed by atoms with Crippen LogP contribution in [0.4, 0.5) is 0 Å². The second-order valence-corrected chi connectivity index (χ2v) is 3.86. The van der Waals surface area contributed by atoms with Crippen molar-refractivity contribution in [2.45, 2.75) is 20.0 Å². The van der Waals surface area contributed by atoms with Gasteiger partial charge in [-0.2, -0.15) is 0 Å². The van der Waals surface area contributed by atoms with Crippen LogP contribution in [-0.2, 0) is 4.74 Å². The summed E-state index contributed by atoms with van der Waals surface area (Å²) < 4.78 is 4.79. The van der Waals surface area contributed by atoms with E-state index in [2.05, 4.69) is 0 Å². The molecule has 1 rings (SSSR count). The second kappa shape index (κ2) is 5.65. The molecule has 0 aromatic heterocycles. The summed E-state index contributed by atoms with van der Waals surface area (Å²) in [7, 11) is 0. The fourth-order valence-electron chi connectivity index (χ4n) is 1.35. The molecule has 5 nitrogen and oxygen atoms in total. The summed E-state index contributed by atoms with van der Waals surface area (Å²) >= 11 is 0. The Bertz CT molecular complexity index is 414. The molecule has 0 saturated carbocycles. The summed E-state index contributed by atoms with van der Waals surface area (Å²) in [5.41, 5.74) is 1.26. The summed E-state index contributed by atoms with van der Waals surface area (Å²) in [6.45, 7) is 2.57. The van der Waals surface area contributed by atoms with Gasteiger partial charge in [0.05, 0.1) is 6.61 Å². The summed E-state index contributed by atoms with van der Waals surface area (Å²) in [5, 5.41) is 27.4. The molecule has 1 aromatic carbocycles. The second-order valence-electron chi connectivity index (χ2n) is 3.86. The fourth-order valence-corrected chi connectivity index (χ4v) is 1.35. The van der Waals surface area contributed by atoms with Crippen molar-refractivity contribution in [2.75, 3.05) is 13.2 Å². The van der Waals surface area contributed by atoms with Gasteiger partial charge in [-0.05, 0) is 25.0 Å². The zero-order valence-corrected chi connectivity index (χ0v) is 9.80. The van der Waals surface area contributed by atoms with Crippen LogP contribution in [0.5, 0.6) is 5.75 Å². The van der Waals surface area contributed by atoms with Crippen LogP contribution in [0.3, 0.4) is 0 Å². The molecule has 1 aromatic rings. The number of carbonyl (C=O) groups excluding carboxylic acids is 1. The van der Waals surface area contributed by atoms with Crippen molar-refractivity contribution in [3.63, 3.8) is 0 Å². The van der Waals surface area contributed by atoms with E-state index in [4.69, 9.17) is 14.9 Å². The van der Waals surface area contributed by atoms with Gasteiger partial charge in [-0.3, -0.25) is 0 Å². The SMILES string of the molecule is Cc1ccc(C)c(C(=O)OCC(O)CO)c1O. The molecule has 0 saturated heterocycles. The first-order valence-electron chi connectivity index (χ1n) is 5.22. The molecule has 94 valence electrons. The van der Waals surface area contributed by atoms with E-state index in [0.717, 1.165) is 0 Å². The van der Waals surface area contributed by atoms with Crippen LogP contribution in [0.15, 0.2) is 12.1 Å². The Kier molecular flexibility index (Phi) is 4.48. The van der Waals surface area contributed by atoms with Crippen molar-refractivity contribution >= 4 is 5.97 Å². The first-order chi connectivity index (χ1) is 7.97. The number of aliphatic hydroxyl groups excluding tert-OH is 2. The van der Waals surface area contributed by atoms with Gasteiger partial charge in [-0.1, -0.05) is 12.1 Å². The number of aryl methyl sites for hydroxylation is 2. The number of aliphatic hydroxyl groups is 2. The summed E-state index contributed by atoms with van der Waals surface area (Å²) in [4.78, 5) is 11.7. The molecule has 1 unspecified atom stereocenters. The zero-order chi connectivity index (χ0) is 13.0. The average Bonchev–Trinajstić information content (AvgIpc) is 2.31. The van der Waals surface area contributed by atoms with E-state index >= 15 is 0 Å². The Balaban J connectivity index is 2.86. The van der Waals surface area contributed by atoms with E-state index in [-0.39, 0.29) is 17.9 Å². The van der Waals surface area contributed by atoms with Crippen LogP contribution < -0.4 is 0 Å². The topological polar surface area (TPSA) is 87.0 Å². The number of ether oxygens (including phenoxy) is 1. The van der Waals surface area contributed by atoms with Crippen molar-refractivity contribution < 1.29 is 24.9 Å². The Morgan fingerprint density at radius 1 is 1.35 bits per heavy atom. The Morgan fingerprint density at radius 2 is 1.94 bits per heavy atom. The molecule has 1 atom stereocenters. The standard InChI is InChI=1S/C12H16O5/c1-7-3-4-8(2)11(15)10(7)12(16)17-6-9(14)5-13/h3-4,9,13-15H,5-6H2,1-2H3. The van der Waals surface area contributed by atoms with E-state index in [0.29, 0.717) is 11.1 Å². The third kappa shape index (κ3) is 3.18. The normalized spacial score (nSPS) is 12.2. The zero-order valence-electron chi connectivity index (χ0n) is 9.80. The first kappa shape index (κ1) is 13.5. The maximum absolute atomic E-state index is 11.7. The van der Waals surface area contributed by atoms with E-state index in [9.17, 15) is 9.90 Å².